The molecule has 1 aromatic rings. The third-order valence-corrected chi connectivity index (χ3v) is 6.62. The number of carbonyl (C=O) groups excluding carboxylic acids is 2. The second kappa shape index (κ2) is 7.62. The van der Waals surface area contributed by atoms with E-state index < -0.39 is 47.8 Å². The van der Waals surface area contributed by atoms with Gasteiger partial charge in [0.05, 0.1) is 25.2 Å². The number of fused-ring (bicyclic) bond motifs is 2. The molecule has 0 spiro atoms. The Hall–Kier alpha value is -2.42. The number of nitrogens with one attached hydrogen (secondary N) is 1. The van der Waals surface area contributed by atoms with Crippen molar-refractivity contribution in [1.82, 2.24) is 5.32 Å². The molecule has 31 heavy (non-hydrogen) atoms. The summed E-state index contributed by atoms with van der Waals surface area (Å²) in [6.45, 7) is 14.1. The van der Waals surface area contributed by atoms with Crippen molar-refractivity contribution in [1.29, 1.82) is 0 Å². The van der Waals surface area contributed by atoms with E-state index >= 15 is 0 Å². The minimum Gasteiger partial charge on any atom is -0.465 e. The summed E-state index contributed by atoms with van der Waals surface area (Å²) in [5.74, 6) is -1.26. The van der Waals surface area contributed by atoms with Gasteiger partial charge in [-0.1, -0.05) is 31.2 Å². The van der Waals surface area contributed by atoms with Gasteiger partial charge in [-0.15, -0.1) is 0 Å². The monoisotopic (exact) mass is 431 g/mol. The van der Waals surface area contributed by atoms with Gasteiger partial charge >= 0.3 is 11.9 Å². The summed E-state index contributed by atoms with van der Waals surface area (Å²) < 4.78 is 22.8. The smallest absolute Gasteiger partial charge is 0.343 e. The van der Waals surface area contributed by atoms with Crippen LogP contribution in [0.3, 0.4) is 0 Å². The van der Waals surface area contributed by atoms with E-state index in [1.807, 2.05) is 13.8 Å². The zero-order valence-corrected chi connectivity index (χ0v) is 18.3. The van der Waals surface area contributed by atoms with E-state index in [1.54, 1.807) is 13.0 Å². The Labute approximate surface area is 181 Å². The van der Waals surface area contributed by atoms with Crippen LogP contribution in [0.1, 0.15) is 48.6 Å². The van der Waals surface area contributed by atoms with Crippen LogP contribution >= 0.6 is 0 Å². The van der Waals surface area contributed by atoms with Gasteiger partial charge in [0.15, 0.2) is 0 Å². The van der Waals surface area contributed by atoms with E-state index in [0.29, 0.717) is 23.6 Å². The lowest BCUT2D eigenvalue weighted by atomic mass is 9.79. The molecular weight excluding hydrogens is 402 g/mol. The van der Waals surface area contributed by atoms with Crippen molar-refractivity contribution in [2.45, 2.75) is 63.1 Å². The average molecular weight is 431 g/mol. The number of likely N-dealkylation sites (N-methyl/N-ethyl adjacent to an activating group) is 1. The number of ether oxygens (including phenoxy) is 3. The van der Waals surface area contributed by atoms with Crippen LogP contribution in [-0.4, -0.2) is 60.7 Å². The highest BCUT2D eigenvalue weighted by molar-refractivity contribution is 5.91. The maximum Gasteiger partial charge on any atom is 0.343 e. The summed E-state index contributed by atoms with van der Waals surface area (Å²) in [4.78, 5) is 25.5. The van der Waals surface area contributed by atoms with Crippen molar-refractivity contribution in [3.05, 3.63) is 47.5 Å². The van der Waals surface area contributed by atoms with Crippen molar-refractivity contribution in [3.63, 3.8) is 0 Å². The molecule has 168 valence electrons. The lowest BCUT2D eigenvalue weighted by Gasteiger charge is -2.32. The Kier molecular flexibility index (Phi) is 5.36. The highest BCUT2D eigenvalue weighted by Gasteiger charge is 2.78. The largest absolute Gasteiger partial charge is 0.465 e. The van der Waals surface area contributed by atoms with Gasteiger partial charge in [0.2, 0.25) is 5.60 Å². The van der Waals surface area contributed by atoms with E-state index in [0.717, 1.165) is 5.57 Å². The van der Waals surface area contributed by atoms with Gasteiger partial charge in [-0.2, -0.15) is 0 Å². The molecule has 0 aromatic carbocycles. The van der Waals surface area contributed by atoms with Crippen LogP contribution in [0.15, 0.2) is 34.8 Å². The first kappa shape index (κ1) is 21.8. The molecule has 7 unspecified atom stereocenters. The van der Waals surface area contributed by atoms with E-state index in [2.05, 4.69) is 18.5 Å². The quantitative estimate of drug-likeness (QED) is 0.413. The van der Waals surface area contributed by atoms with Crippen molar-refractivity contribution >= 4 is 11.9 Å². The number of furan rings is 1. The predicted octanol–water partition coefficient (Wildman–Crippen LogP) is 1.88. The zero-order chi connectivity index (χ0) is 22.7. The molecule has 2 fully saturated rings. The van der Waals surface area contributed by atoms with Crippen LogP contribution in [0.5, 0.6) is 0 Å². The molecule has 4 bridgehead atoms. The zero-order valence-electron chi connectivity index (χ0n) is 18.3. The van der Waals surface area contributed by atoms with E-state index in [-0.39, 0.29) is 17.9 Å². The fraction of sp³-hybridized carbons (Fsp3) is 0.565. The van der Waals surface area contributed by atoms with E-state index in [4.69, 9.17) is 18.6 Å². The lowest BCUT2D eigenvalue weighted by molar-refractivity contribution is -0.158. The molecule has 0 aliphatic carbocycles. The molecule has 0 amide bonds. The number of esters is 2. The fourth-order valence-electron chi connectivity index (χ4n) is 5.05. The number of carbonyl (C=O) groups is 2. The molecule has 4 rings (SSSR count). The lowest BCUT2D eigenvalue weighted by Crippen LogP contribution is -2.56. The van der Waals surface area contributed by atoms with Crippen molar-refractivity contribution < 1.29 is 33.3 Å². The first-order valence-corrected chi connectivity index (χ1v) is 10.5. The number of aliphatic hydroxyl groups excluding tert-OH is 1. The highest BCUT2D eigenvalue weighted by Crippen LogP contribution is 2.54. The number of hydrogen-bond acceptors (Lipinski definition) is 8. The van der Waals surface area contributed by atoms with Gasteiger partial charge in [0.1, 0.15) is 29.3 Å². The van der Waals surface area contributed by atoms with Gasteiger partial charge in [-0.25, -0.2) is 9.59 Å². The minimum absolute atomic E-state index is 0.273. The predicted molar refractivity (Wildman–Crippen MR) is 111 cm³/mol. The molecule has 3 aliphatic rings. The fourth-order valence-corrected chi connectivity index (χ4v) is 5.05. The maximum absolute atomic E-state index is 13.0. The van der Waals surface area contributed by atoms with Gasteiger partial charge in [0.25, 0.3) is 0 Å². The van der Waals surface area contributed by atoms with Crippen LogP contribution < -0.4 is 5.32 Å². The van der Waals surface area contributed by atoms with E-state index in [1.165, 1.54) is 7.11 Å². The van der Waals surface area contributed by atoms with Crippen LogP contribution in [0.4, 0.5) is 0 Å². The molecule has 0 radical (unpaired) electrons. The van der Waals surface area contributed by atoms with Gasteiger partial charge in [0, 0.05) is 12.3 Å². The van der Waals surface area contributed by atoms with Crippen molar-refractivity contribution in [3.8, 4) is 0 Å². The molecule has 2 N–H and O–H groups in total. The third kappa shape index (κ3) is 3.16. The Morgan fingerprint density at radius 2 is 2.06 bits per heavy atom. The number of rotatable bonds is 5. The summed E-state index contributed by atoms with van der Waals surface area (Å²) >= 11 is 0. The summed E-state index contributed by atoms with van der Waals surface area (Å²) in [6, 6.07) is 0.845. The molecule has 8 nitrogen and oxygen atoms in total. The molecule has 8 heteroatoms. The Morgan fingerprint density at radius 1 is 1.35 bits per heavy atom. The Morgan fingerprint density at radius 3 is 2.61 bits per heavy atom. The molecule has 2 saturated heterocycles. The minimum atomic E-state index is -1.27. The first-order valence-electron chi connectivity index (χ1n) is 10.5. The standard InChI is InChI=1S/C23H29NO7/c1-7-24-19-17(25)16(11(4)5)15-9-13(21(26)28-6)14(29-15)8-12(10(2)3)18-20-23(19,31-20)22(27)30-18/h9,12,16-20,24-25H,2,4,7-8H2,1,3,5-6H3. The first-order chi connectivity index (χ1) is 14.7. The normalized spacial score (nSPS) is 36.1. The summed E-state index contributed by atoms with van der Waals surface area (Å²) in [5, 5.41) is 14.7. The molecule has 0 saturated carbocycles. The third-order valence-electron chi connectivity index (χ3n) is 6.62. The van der Waals surface area contributed by atoms with Crippen LogP contribution in [-0.2, 0) is 25.4 Å². The second-order valence-electron chi connectivity index (χ2n) is 8.69. The molecule has 7 atom stereocenters. The second-order valence-corrected chi connectivity index (χ2v) is 8.69. The van der Waals surface area contributed by atoms with Crippen molar-refractivity contribution in [2.24, 2.45) is 5.92 Å². The Balaban J connectivity index is 1.91. The summed E-state index contributed by atoms with van der Waals surface area (Å²) in [7, 11) is 1.30. The maximum atomic E-state index is 13.0. The molecule has 3 aliphatic heterocycles. The topological polar surface area (TPSA) is 111 Å². The summed E-state index contributed by atoms with van der Waals surface area (Å²) in [5.41, 5.74) is 0.397. The average Bonchev–Trinajstić information content (AvgIpc) is 3.22. The number of epoxide rings is 1. The van der Waals surface area contributed by atoms with Gasteiger partial charge in [-0.3, -0.25) is 0 Å². The van der Waals surface area contributed by atoms with Crippen LogP contribution in [0, 0.1) is 5.92 Å². The van der Waals surface area contributed by atoms with Crippen LogP contribution in [0.25, 0.3) is 0 Å². The highest BCUT2D eigenvalue weighted by atomic mass is 16.7. The molecular formula is C23H29NO7. The number of hydrogen-bond donors (Lipinski definition) is 2. The van der Waals surface area contributed by atoms with Gasteiger partial charge in [-0.05, 0) is 26.5 Å². The summed E-state index contributed by atoms with van der Waals surface area (Å²) in [6.07, 6.45) is -1.96. The molecule has 4 heterocycles. The number of methoxy groups -OCH3 is 1. The SMILES string of the molecule is C=C(C)C1Cc2oc(cc2C(=O)OC)C(C(=C)C)C(O)C(NCC)C23OC2C1OC3=O. The van der Waals surface area contributed by atoms with Crippen LogP contribution in [0.2, 0.25) is 0 Å². The van der Waals surface area contributed by atoms with E-state index in [9.17, 15) is 14.7 Å². The molecule has 1 aromatic heterocycles. The van der Waals surface area contributed by atoms with Crippen molar-refractivity contribution in [2.75, 3.05) is 13.7 Å². The van der Waals surface area contributed by atoms with Gasteiger partial charge < -0.3 is 29.1 Å². The Bertz CT molecular complexity index is 950. The number of aliphatic hydroxyl groups is 1.